The molecule has 0 aliphatic carbocycles. The van der Waals surface area contributed by atoms with Gasteiger partial charge < -0.3 is 10.1 Å². The van der Waals surface area contributed by atoms with E-state index in [1.54, 1.807) is 0 Å². The van der Waals surface area contributed by atoms with E-state index < -0.39 is 0 Å². The van der Waals surface area contributed by atoms with Crippen LogP contribution in [0.3, 0.4) is 0 Å². The SMILES string of the molecule is CCOc1ccc2nc(NC(=O)CSc3nc4c(C)cccc4cc3C)sc2c1. The minimum Gasteiger partial charge on any atom is -0.494 e. The molecule has 2 aromatic carbocycles. The van der Waals surface area contributed by atoms with Gasteiger partial charge in [0.1, 0.15) is 10.8 Å². The Morgan fingerprint density at radius 2 is 2.00 bits per heavy atom. The first-order valence-corrected chi connectivity index (χ1v) is 11.2. The largest absolute Gasteiger partial charge is 0.494 e. The summed E-state index contributed by atoms with van der Waals surface area (Å²) >= 11 is 2.89. The van der Waals surface area contributed by atoms with Crippen molar-refractivity contribution in [3.8, 4) is 5.75 Å². The van der Waals surface area contributed by atoms with Crippen molar-refractivity contribution < 1.29 is 9.53 Å². The van der Waals surface area contributed by atoms with E-state index in [4.69, 9.17) is 9.72 Å². The Morgan fingerprint density at radius 1 is 1.14 bits per heavy atom. The normalized spacial score (nSPS) is 11.1. The summed E-state index contributed by atoms with van der Waals surface area (Å²) in [6, 6.07) is 14.0. The summed E-state index contributed by atoms with van der Waals surface area (Å²) in [4.78, 5) is 21.7. The summed E-state index contributed by atoms with van der Waals surface area (Å²) in [5.41, 5.74) is 4.04. The van der Waals surface area contributed by atoms with Crippen LogP contribution < -0.4 is 10.1 Å². The number of thioether (sulfide) groups is 1. The third-order valence-electron chi connectivity index (χ3n) is 4.45. The van der Waals surface area contributed by atoms with E-state index in [2.05, 4.69) is 35.4 Å². The molecule has 29 heavy (non-hydrogen) atoms. The van der Waals surface area contributed by atoms with E-state index in [0.29, 0.717) is 11.7 Å². The number of rotatable bonds is 6. The van der Waals surface area contributed by atoms with Gasteiger partial charge in [0.15, 0.2) is 5.13 Å². The fourth-order valence-electron chi connectivity index (χ4n) is 3.09. The Labute approximate surface area is 177 Å². The van der Waals surface area contributed by atoms with Crippen LogP contribution in [0.5, 0.6) is 5.75 Å². The zero-order valence-electron chi connectivity index (χ0n) is 16.5. The number of amides is 1. The molecule has 0 spiro atoms. The average Bonchev–Trinajstić information content (AvgIpc) is 3.08. The number of hydrogen-bond donors (Lipinski definition) is 1. The zero-order chi connectivity index (χ0) is 20.4. The second kappa shape index (κ2) is 8.39. The quantitative estimate of drug-likeness (QED) is 0.410. The van der Waals surface area contributed by atoms with Crippen molar-refractivity contribution in [1.82, 2.24) is 9.97 Å². The van der Waals surface area contributed by atoms with E-state index >= 15 is 0 Å². The van der Waals surface area contributed by atoms with Crippen molar-refractivity contribution >= 4 is 55.3 Å². The third-order valence-corrected chi connectivity index (χ3v) is 6.48. The van der Waals surface area contributed by atoms with Gasteiger partial charge in [-0.1, -0.05) is 41.3 Å². The average molecular weight is 424 g/mol. The highest BCUT2D eigenvalue weighted by atomic mass is 32.2. The van der Waals surface area contributed by atoms with Gasteiger partial charge in [-0.3, -0.25) is 4.79 Å². The number of thiazole rings is 1. The first kappa shape index (κ1) is 19.7. The minimum absolute atomic E-state index is 0.0924. The molecule has 4 rings (SSSR count). The van der Waals surface area contributed by atoms with Gasteiger partial charge in [-0.05, 0) is 56.2 Å². The Hall–Kier alpha value is -2.64. The molecular formula is C22H21N3O2S2. The number of ether oxygens (including phenoxy) is 1. The molecule has 5 nitrogen and oxygen atoms in total. The lowest BCUT2D eigenvalue weighted by Gasteiger charge is -2.08. The van der Waals surface area contributed by atoms with Crippen LogP contribution >= 0.6 is 23.1 Å². The van der Waals surface area contributed by atoms with Crippen LogP contribution in [-0.2, 0) is 4.79 Å². The molecular weight excluding hydrogens is 402 g/mol. The number of hydrogen-bond acceptors (Lipinski definition) is 6. The van der Waals surface area contributed by atoms with Gasteiger partial charge in [0.2, 0.25) is 5.91 Å². The van der Waals surface area contributed by atoms with Crippen molar-refractivity contribution in [3.05, 3.63) is 53.6 Å². The van der Waals surface area contributed by atoms with Crippen LogP contribution in [0.1, 0.15) is 18.1 Å². The van der Waals surface area contributed by atoms with Crippen LogP contribution in [0.2, 0.25) is 0 Å². The lowest BCUT2D eigenvalue weighted by atomic mass is 10.1. The molecule has 0 atom stereocenters. The van der Waals surface area contributed by atoms with Crippen molar-refractivity contribution in [2.24, 2.45) is 0 Å². The number of carbonyl (C=O) groups is 1. The highest BCUT2D eigenvalue weighted by molar-refractivity contribution is 8.00. The van der Waals surface area contributed by atoms with E-state index in [1.165, 1.54) is 23.1 Å². The molecule has 2 aromatic heterocycles. The monoisotopic (exact) mass is 423 g/mol. The number of anilines is 1. The molecule has 0 aliphatic heterocycles. The molecule has 0 saturated carbocycles. The first-order chi connectivity index (χ1) is 14.0. The number of para-hydroxylation sites is 1. The maximum absolute atomic E-state index is 12.5. The van der Waals surface area contributed by atoms with E-state index in [9.17, 15) is 4.79 Å². The second-order valence-corrected chi connectivity index (χ2v) is 8.67. The second-order valence-electron chi connectivity index (χ2n) is 6.68. The van der Waals surface area contributed by atoms with Gasteiger partial charge in [-0.2, -0.15) is 0 Å². The minimum atomic E-state index is -0.0924. The topological polar surface area (TPSA) is 64.1 Å². The summed E-state index contributed by atoms with van der Waals surface area (Å²) in [6.07, 6.45) is 0. The Kier molecular flexibility index (Phi) is 5.69. The van der Waals surface area contributed by atoms with E-state index in [-0.39, 0.29) is 11.7 Å². The molecule has 1 amide bonds. The summed E-state index contributed by atoms with van der Waals surface area (Å²) in [5, 5.41) is 5.50. The number of nitrogens with one attached hydrogen (secondary N) is 1. The van der Waals surface area contributed by atoms with Crippen LogP contribution in [0.25, 0.3) is 21.1 Å². The van der Waals surface area contributed by atoms with Crippen LogP contribution in [-0.4, -0.2) is 28.2 Å². The lowest BCUT2D eigenvalue weighted by molar-refractivity contribution is -0.113. The number of carbonyl (C=O) groups excluding carboxylic acids is 1. The molecule has 0 unspecified atom stereocenters. The molecule has 0 saturated heterocycles. The van der Waals surface area contributed by atoms with Crippen LogP contribution in [0.15, 0.2) is 47.5 Å². The lowest BCUT2D eigenvalue weighted by Crippen LogP contribution is -2.14. The van der Waals surface area contributed by atoms with Gasteiger partial charge in [0.05, 0.1) is 28.1 Å². The highest BCUT2D eigenvalue weighted by Crippen LogP contribution is 2.30. The maximum Gasteiger partial charge on any atom is 0.236 e. The first-order valence-electron chi connectivity index (χ1n) is 9.36. The molecule has 0 radical (unpaired) electrons. The number of pyridine rings is 1. The fraction of sp³-hybridized carbons (Fsp3) is 0.227. The van der Waals surface area contributed by atoms with Gasteiger partial charge >= 0.3 is 0 Å². The predicted octanol–water partition coefficient (Wildman–Crippen LogP) is 5.59. The number of aromatic nitrogens is 2. The standard InChI is InChI=1S/C22H21N3O2S2/c1-4-27-16-8-9-17-18(11-16)29-22(23-17)24-19(26)12-28-21-14(3)10-15-7-5-6-13(2)20(15)25-21/h5-11H,4,12H2,1-3H3,(H,23,24,26). The molecule has 4 aromatic rings. The van der Waals surface area contributed by atoms with Gasteiger partial charge in [-0.15, -0.1) is 0 Å². The Bertz CT molecular complexity index is 1200. The number of fused-ring (bicyclic) bond motifs is 2. The maximum atomic E-state index is 12.5. The molecule has 148 valence electrons. The van der Waals surface area contributed by atoms with Crippen molar-refractivity contribution in [1.29, 1.82) is 0 Å². The van der Waals surface area contributed by atoms with Crippen molar-refractivity contribution in [3.63, 3.8) is 0 Å². The van der Waals surface area contributed by atoms with E-state index in [1.807, 2.05) is 38.1 Å². The molecule has 0 fully saturated rings. The summed E-state index contributed by atoms with van der Waals surface area (Å²) in [5.74, 6) is 1.00. The molecule has 0 aliphatic rings. The summed E-state index contributed by atoms with van der Waals surface area (Å²) < 4.78 is 6.51. The van der Waals surface area contributed by atoms with Crippen molar-refractivity contribution in [2.45, 2.75) is 25.8 Å². The number of benzene rings is 2. The van der Waals surface area contributed by atoms with Gasteiger partial charge in [0.25, 0.3) is 0 Å². The summed E-state index contributed by atoms with van der Waals surface area (Å²) in [7, 11) is 0. The highest BCUT2D eigenvalue weighted by Gasteiger charge is 2.12. The molecule has 1 N–H and O–H groups in total. The van der Waals surface area contributed by atoms with Crippen LogP contribution in [0, 0.1) is 13.8 Å². The third kappa shape index (κ3) is 4.36. The zero-order valence-corrected chi connectivity index (χ0v) is 18.1. The number of aryl methyl sites for hydroxylation is 2. The Morgan fingerprint density at radius 3 is 2.83 bits per heavy atom. The molecule has 7 heteroatoms. The van der Waals surface area contributed by atoms with Gasteiger partial charge in [0, 0.05) is 5.39 Å². The molecule has 2 heterocycles. The smallest absolute Gasteiger partial charge is 0.236 e. The van der Waals surface area contributed by atoms with Crippen LogP contribution in [0.4, 0.5) is 5.13 Å². The number of nitrogens with zero attached hydrogens (tertiary/aromatic N) is 2. The fourth-order valence-corrected chi connectivity index (χ4v) is 4.78. The predicted molar refractivity (Wildman–Crippen MR) is 121 cm³/mol. The summed E-state index contributed by atoms with van der Waals surface area (Å²) in [6.45, 7) is 6.65. The van der Waals surface area contributed by atoms with Crippen molar-refractivity contribution in [2.75, 3.05) is 17.7 Å². The van der Waals surface area contributed by atoms with Gasteiger partial charge in [-0.25, -0.2) is 9.97 Å². The Balaban J connectivity index is 1.45. The van der Waals surface area contributed by atoms with E-state index in [0.717, 1.165) is 43.0 Å². The molecule has 0 bridgehead atoms.